The lowest BCUT2D eigenvalue weighted by atomic mass is 9.94. The summed E-state index contributed by atoms with van der Waals surface area (Å²) in [6.45, 7) is 2.60. The second-order valence-electron chi connectivity index (χ2n) is 7.36. The highest BCUT2D eigenvalue weighted by Gasteiger charge is 2.35. The molecule has 2 aromatic carbocycles. The molecule has 0 aliphatic carbocycles. The van der Waals surface area contributed by atoms with Crippen LogP contribution in [0, 0.1) is 16.0 Å². The quantitative estimate of drug-likeness (QED) is 0.561. The van der Waals surface area contributed by atoms with Gasteiger partial charge in [0.25, 0.3) is 5.69 Å². The van der Waals surface area contributed by atoms with E-state index in [-0.39, 0.29) is 23.6 Å². The lowest BCUT2D eigenvalue weighted by molar-refractivity contribution is -0.384. The Morgan fingerprint density at radius 2 is 1.80 bits per heavy atom. The van der Waals surface area contributed by atoms with E-state index in [1.165, 1.54) is 0 Å². The van der Waals surface area contributed by atoms with E-state index in [1.54, 1.807) is 4.90 Å². The molecule has 1 heterocycles. The molecule has 0 radical (unpaired) electrons. The van der Waals surface area contributed by atoms with Crippen molar-refractivity contribution in [2.75, 3.05) is 18.0 Å². The molecule has 1 saturated heterocycles. The van der Waals surface area contributed by atoms with E-state index in [1.807, 2.05) is 37.3 Å². The number of rotatable bonds is 5. The molecule has 1 fully saturated rings. The molecule has 1 aliphatic heterocycles. The number of piperidine rings is 1. The van der Waals surface area contributed by atoms with Gasteiger partial charge < -0.3 is 10.2 Å². The minimum absolute atomic E-state index is 0.0899. The Labute approximate surface area is 171 Å². The van der Waals surface area contributed by atoms with Crippen molar-refractivity contribution in [2.45, 2.75) is 32.0 Å². The fourth-order valence-corrected chi connectivity index (χ4v) is 3.65. The van der Waals surface area contributed by atoms with Crippen molar-refractivity contribution in [3.63, 3.8) is 0 Å². The van der Waals surface area contributed by atoms with Gasteiger partial charge in [-0.05, 0) is 37.5 Å². The van der Waals surface area contributed by atoms with E-state index in [4.69, 9.17) is 0 Å². The summed E-state index contributed by atoms with van der Waals surface area (Å²) in [6.07, 6.45) is -3.72. The molecule has 1 atom stereocenters. The summed E-state index contributed by atoms with van der Waals surface area (Å²) in [5, 5.41) is 14.3. The van der Waals surface area contributed by atoms with Crippen LogP contribution in [-0.4, -0.2) is 23.9 Å². The highest BCUT2D eigenvalue weighted by Crippen LogP contribution is 2.37. The first-order valence-electron chi connectivity index (χ1n) is 9.62. The second kappa shape index (κ2) is 8.73. The molecule has 1 unspecified atom stereocenters. The highest BCUT2D eigenvalue weighted by atomic mass is 19.4. The Bertz CT molecular complexity index is 911. The van der Waals surface area contributed by atoms with Crippen LogP contribution < -0.4 is 10.2 Å². The lowest BCUT2D eigenvalue weighted by Crippen LogP contribution is -2.41. The van der Waals surface area contributed by atoms with Crippen LogP contribution in [0.25, 0.3) is 0 Å². The minimum atomic E-state index is -4.65. The Morgan fingerprint density at radius 1 is 1.17 bits per heavy atom. The van der Waals surface area contributed by atoms with Crippen LogP contribution in [0.3, 0.4) is 0 Å². The number of nitro benzene ring substituents is 1. The predicted octanol–water partition coefficient (Wildman–Crippen LogP) is 4.71. The molecular weight excluding hydrogens is 399 g/mol. The topological polar surface area (TPSA) is 75.5 Å². The maximum absolute atomic E-state index is 12.9. The molecule has 1 aliphatic rings. The molecule has 0 saturated carbocycles. The largest absolute Gasteiger partial charge is 0.416 e. The van der Waals surface area contributed by atoms with Gasteiger partial charge in [-0.3, -0.25) is 14.9 Å². The summed E-state index contributed by atoms with van der Waals surface area (Å²) in [6, 6.07) is 12.0. The van der Waals surface area contributed by atoms with Gasteiger partial charge in [0.2, 0.25) is 5.91 Å². The average Bonchev–Trinajstić information content (AvgIpc) is 2.73. The number of carbonyl (C=O) groups excluding carboxylic acids is 1. The Hall–Kier alpha value is -3.10. The maximum Gasteiger partial charge on any atom is 0.416 e. The number of nitrogens with zero attached hydrogens (tertiary/aromatic N) is 2. The van der Waals surface area contributed by atoms with Crippen LogP contribution in [0.2, 0.25) is 0 Å². The van der Waals surface area contributed by atoms with E-state index in [0.29, 0.717) is 32.0 Å². The monoisotopic (exact) mass is 421 g/mol. The number of hydrogen-bond donors (Lipinski definition) is 1. The van der Waals surface area contributed by atoms with E-state index < -0.39 is 22.4 Å². The third kappa shape index (κ3) is 4.90. The van der Waals surface area contributed by atoms with Crippen LogP contribution in [0.1, 0.15) is 36.9 Å². The molecular formula is C21H22F3N3O3. The third-order valence-electron chi connectivity index (χ3n) is 5.36. The Morgan fingerprint density at radius 3 is 2.37 bits per heavy atom. The zero-order chi connectivity index (χ0) is 21.9. The molecule has 0 spiro atoms. The van der Waals surface area contributed by atoms with Crippen molar-refractivity contribution in [3.8, 4) is 0 Å². The molecule has 160 valence electrons. The fourth-order valence-electron chi connectivity index (χ4n) is 3.65. The standard InChI is InChI=1S/C21H22F3N3O3/c1-14(15-5-3-2-4-6-15)25-20(28)16-9-11-26(12-10-16)18-8-7-17(21(22,23)24)13-19(18)27(29)30/h2-8,13-14,16H,9-12H2,1H3,(H,25,28). The zero-order valence-corrected chi connectivity index (χ0v) is 16.4. The van der Waals surface area contributed by atoms with Crippen molar-refractivity contribution >= 4 is 17.3 Å². The molecule has 0 bridgehead atoms. The number of carbonyl (C=O) groups is 1. The normalized spacial score (nSPS) is 16.2. The van der Waals surface area contributed by atoms with Crippen LogP contribution in [0.4, 0.5) is 24.5 Å². The Kier molecular flexibility index (Phi) is 6.28. The zero-order valence-electron chi connectivity index (χ0n) is 16.4. The molecule has 30 heavy (non-hydrogen) atoms. The van der Waals surface area contributed by atoms with Crippen molar-refractivity contribution < 1.29 is 22.9 Å². The van der Waals surface area contributed by atoms with E-state index in [9.17, 15) is 28.1 Å². The number of nitro groups is 1. The van der Waals surface area contributed by atoms with Gasteiger partial charge >= 0.3 is 6.18 Å². The van der Waals surface area contributed by atoms with Crippen LogP contribution >= 0.6 is 0 Å². The van der Waals surface area contributed by atoms with Gasteiger partial charge in [0.1, 0.15) is 5.69 Å². The van der Waals surface area contributed by atoms with E-state index in [0.717, 1.165) is 17.7 Å². The molecule has 1 amide bonds. The fraction of sp³-hybridized carbons (Fsp3) is 0.381. The molecule has 2 aromatic rings. The molecule has 6 nitrogen and oxygen atoms in total. The van der Waals surface area contributed by atoms with Gasteiger partial charge in [0.05, 0.1) is 16.5 Å². The van der Waals surface area contributed by atoms with Gasteiger partial charge in [0.15, 0.2) is 0 Å². The minimum Gasteiger partial charge on any atom is -0.366 e. The van der Waals surface area contributed by atoms with Gasteiger partial charge in [-0.1, -0.05) is 30.3 Å². The predicted molar refractivity (Wildman–Crippen MR) is 106 cm³/mol. The summed E-state index contributed by atoms with van der Waals surface area (Å²) in [7, 11) is 0. The summed E-state index contributed by atoms with van der Waals surface area (Å²) in [5.41, 5.74) is -0.499. The second-order valence-corrected chi connectivity index (χ2v) is 7.36. The SMILES string of the molecule is CC(NC(=O)C1CCN(c2ccc(C(F)(F)F)cc2[N+](=O)[O-])CC1)c1ccccc1. The van der Waals surface area contributed by atoms with Crippen molar-refractivity contribution in [1.82, 2.24) is 5.32 Å². The first-order valence-corrected chi connectivity index (χ1v) is 9.62. The van der Waals surface area contributed by atoms with Gasteiger partial charge in [-0.25, -0.2) is 0 Å². The number of hydrogen-bond acceptors (Lipinski definition) is 4. The summed E-state index contributed by atoms with van der Waals surface area (Å²) in [4.78, 5) is 24.8. The molecule has 3 rings (SSSR count). The average molecular weight is 421 g/mol. The Balaban J connectivity index is 1.65. The first kappa shape index (κ1) is 21.6. The smallest absolute Gasteiger partial charge is 0.366 e. The summed E-state index contributed by atoms with van der Waals surface area (Å²) in [5.74, 6) is -0.339. The van der Waals surface area contributed by atoms with Gasteiger partial charge in [-0.15, -0.1) is 0 Å². The number of anilines is 1. The van der Waals surface area contributed by atoms with Gasteiger partial charge in [-0.2, -0.15) is 13.2 Å². The van der Waals surface area contributed by atoms with Crippen LogP contribution in [0.15, 0.2) is 48.5 Å². The van der Waals surface area contributed by atoms with E-state index in [2.05, 4.69) is 5.32 Å². The number of amides is 1. The van der Waals surface area contributed by atoms with Gasteiger partial charge in [0, 0.05) is 25.1 Å². The van der Waals surface area contributed by atoms with Crippen molar-refractivity contribution in [3.05, 3.63) is 69.8 Å². The maximum atomic E-state index is 12.9. The van der Waals surface area contributed by atoms with Crippen molar-refractivity contribution in [1.29, 1.82) is 0 Å². The lowest BCUT2D eigenvalue weighted by Gasteiger charge is -2.33. The molecule has 0 aromatic heterocycles. The molecule has 1 N–H and O–H groups in total. The highest BCUT2D eigenvalue weighted by molar-refractivity contribution is 5.79. The number of nitrogens with one attached hydrogen (secondary N) is 1. The summed E-state index contributed by atoms with van der Waals surface area (Å²) >= 11 is 0. The number of alkyl halides is 3. The van der Waals surface area contributed by atoms with E-state index >= 15 is 0 Å². The third-order valence-corrected chi connectivity index (χ3v) is 5.36. The molecule has 9 heteroatoms. The first-order chi connectivity index (χ1) is 14.2. The van der Waals surface area contributed by atoms with Crippen LogP contribution in [-0.2, 0) is 11.0 Å². The summed E-state index contributed by atoms with van der Waals surface area (Å²) < 4.78 is 38.7. The number of halogens is 3. The van der Waals surface area contributed by atoms with Crippen molar-refractivity contribution in [2.24, 2.45) is 5.92 Å². The van der Waals surface area contributed by atoms with Crippen LogP contribution in [0.5, 0.6) is 0 Å². The number of benzene rings is 2.